The molecule has 0 fully saturated rings. The highest BCUT2D eigenvalue weighted by Gasteiger charge is 2.18. The van der Waals surface area contributed by atoms with Crippen molar-refractivity contribution in [2.24, 2.45) is 0 Å². The number of fused-ring (bicyclic) bond motifs is 1. The van der Waals surface area contributed by atoms with Crippen molar-refractivity contribution in [3.8, 4) is 0 Å². The molecule has 0 atom stereocenters. The van der Waals surface area contributed by atoms with Crippen LogP contribution in [0.4, 0.5) is 11.4 Å². The van der Waals surface area contributed by atoms with Crippen LogP contribution in [-0.4, -0.2) is 19.0 Å². The Morgan fingerprint density at radius 1 is 1.18 bits per heavy atom. The predicted octanol–water partition coefficient (Wildman–Crippen LogP) is 3.69. The average Bonchev–Trinajstić information content (AvgIpc) is 2.92. The predicted molar refractivity (Wildman–Crippen MR) is 91.5 cm³/mol. The van der Waals surface area contributed by atoms with E-state index < -0.39 is 0 Å². The molecular formula is C19H22N2O. The second kappa shape index (κ2) is 6.22. The first-order valence-corrected chi connectivity index (χ1v) is 7.83. The van der Waals surface area contributed by atoms with E-state index >= 15 is 0 Å². The smallest absolute Gasteiger partial charge is 0.226 e. The molecule has 1 aliphatic rings. The van der Waals surface area contributed by atoms with E-state index in [0.717, 1.165) is 36.3 Å². The lowest BCUT2D eigenvalue weighted by Crippen LogP contribution is -2.26. The summed E-state index contributed by atoms with van der Waals surface area (Å²) in [5.41, 5.74) is 5.85. The number of nitrogens with zero attached hydrogens (tertiary/aromatic N) is 1. The molecule has 22 heavy (non-hydrogen) atoms. The second-order valence-electron chi connectivity index (χ2n) is 5.98. The average molecular weight is 294 g/mol. The van der Waals surface area contributed by atoms with Gasteiger partial charge in [0.05, 0.1) is 0 Å². The lowest BCUT2D eigenvalue weighted by Gasteiger charge is -2.19. The van der Waals surface area contributed by atoms with Crippen LogP contribution in [-0.2, 0) is 11.2 Å². The van der Waals surface area contributed by atoms with Crippen molar-refractivity contribution in [3.63, 3.8) is 0 Å². The minimum atomic E-state index is 0.0816. The van der Waals surface area contributed by atoms with Gasteiger partial charge in [0.25, 0.3) is 0 Å². The van der Waals surface area contributed by atoms with Crippen molar-refractivity contribution >= 4 is 17.3 Å². The number of amides is 1. The third-order valence-electron chi connectivity index (χ3n) is 4.26. The Balaban J connectivity index is 1.58. The van der Waals surface area contributed by atoms with Crippen LogP contribution in [0.5, 0.6) is 0 Å². The van der Waals surface area contributed by atoms with Gasteiger partial charge in [0.1, 0.15) is 0 Å². The molecule has 2 aromatic rings. The maximum Gasteiger partial charge on any atom is 0.226 e. The Kier molecular flexibility index (Phi) is 4.14. The lowest BCUT2D eigenvalue weighted by molar-refractivity contribution is -0.116. The highest BCUT2D eigenvalue weighted by molar-refractivity contribution is 5.92. The molecule has 0 saturated carbocycles. The van der Waals surface area contributed by atoms with Crippen LogP contribution in [0.15, 0.2) is 42.5 Å². The van der Waals surface area contributed by atoms with Crippen molar-refractivity contribution in [1.82, 2.24) is 0 Å². The fourth-order valence-corrected chi connectivity index (χ4v) is 2.96. The van der Waals surface area contributed by atoms with E-state index in [1.807, 2.05) is 26.0 Å². The molecule has 1 heterocycles. The first-order valence-electron chi connectivity index (χ1n) is 7.83. The molecule has 3 nitrogen and oxygen atoms in total. The van der Waals surface area contributed by atoms with Crippen LogP contribution in [0.25, 0.3) is 0 Å². The fourth-order valence-electron chi connectivity index (χ4n) is 2.96. The summed E-state index contributed by atoms with van der Waals surface area (Å²) in [5, 5.41) is 3.03. The standard InChI is InChI=1S/C19H22N2O/c1-14-7-8-15(2)17(13-14)20-19(22)10-12-21-11-9-16-5-3-4-6-18(16)21/h3-8,13H,9-12H2,1-2H3,(H,20,22). The number of aryl methyl sites for hydroxylation is 2. The SMILES string of the molecule is Cc1ccc(C)c(NC(=O)CCN2CCc3ccccc32)c1. The van der Waals surface area contributed by atoms with Crippen LogP contribution in [0, 0.1) is 13.8 Å². The molecule has 2 aromatic carbocycles. The van der Waals surface area contributed by atoms with Gasteiger partial charge in [-0.05, 0) is 49.1 Å². The molecule has 0 aliphatic carbocycles. The van der Waals surface area contributed by atoms with Crippen molar-refractivity contribution in [2.75, 3.05) is 23.3 Å². The largest absolute Gasteiger partial charge is 0.370 e. The summed E-state index contributed by atoms with van der Waals surface area (Å²) in [6.07, 6.45) is 1.59. The zero-order valence-corrected chi connectivity index (χ0v) is 13.2. The van der Waals surface area contributed by atoms with Gasteiger partial charge in [-0.2, -0.15) is 0 Å². The van der Waals surface area contributed by atoms with Crippen molar-refractivity contribution in [2.45, 2.75) is 26.7 Å². The van der Waals surface area contributed by atoms with Crippen LogP contribution in [0.1, 0.15) is 23.1 Å². The highest BCUT2D eigenvalue weighted by Crippen LogP contribution is 2.27. The molecule has 0 bridgehead atoms. The van der Waals surface area contributed by atoms with E-state index in [2.05, 4.69) is 40.5 Å². The number of rotatable bonds is 4. The number of nitrogens with one attached hydrogen (secondary N) is 1. The van der Waals surface area contributed by atoms with Gasteiger partial charge in [-0.15, -0.1) is 0 Å². The number of hydrogen-bond donors (Lipinski definition) is 1. The Morgan fingerprint density at radius 2 is 2.00 bits per heavy atom. The Morgan fingerprint density at radius 3 is 2.86 bits per heavy atom. The molecule has 1 aliphatic heterocycles. The fraction of sp³-hybridized carbons (Fsp3) is 0.316. The first-order chi connectivity index (χ1) is 10.6. The number of para-hydroxylation sites is 1. The monoisotopic (exact) mass is 294 g/mol. The molecule has 1 amide bonds. The molecule has 3 heteroatoms. The molecular weight excluding hydrogens is 272 g/mol. The maximum atomic E-state index is 12.2. The third-order valence-corrected chi connectivity index (χ3v) is 4.26. The van der Waals surface area contributed by atoms with Crippen LogP contribution >= 0.6 is 0 Å². The van der Waals surface area contributed by atoms with E-state index in [4.69, 9.17) is 0 Å². The number of benzene rings is 2. The van der Waals surface area contributed by atoms with Crippen LogP contribution < -0.4 is 10.2 Å². The maximum absolute atomic E-state index is 12.2. The zero-order valence-electron chi connectivity index (χ0n) is 13.2. The molecule has 0 radical (unpaired) electrons. The van der Waals surface area contributed by atoms with Gasteiger partial charge in [0.15, 0.2) is 0 Å². The quantitative estimate of drug-likeness (QED) is 0.932. The summed E-state index contributed by atoms with van der Waals surface area (Å²) in [7, 11) is 0. The summed E-state index contributed by atoms with van der Waals surface area (Å²) in [4.78, 5) is 14.5. The summed E-state index contributed by atoms with van der Waals surface area (Å²) < 4.78 is 0. The van der Waals surface area contributed by atoms with Crippen molar-refractivity contribution in [3.05, 3.63) is 59.2 Å². The van der Waals surface area contributed by atoms with E-state index in [1.54, 1.807) is 0 Å². The Hall–Kier alpha value is -2.29. The number of hydrogen-bond acceptors (Lipinski definition) is 2. The van der Waals surface area contributed by atoms with E-state index in [9.17, 15) is 4.79 Å². The van der Waals surface area contributed by atoms with Gasteiger partial charge >= 0.3 is 0 Å². The van der Waals surface area contributed by atoms with E-state index in [0.29, 0.717) is 6.42 Å². The molecule has 0 unspecified atom stereocenters. The first kappa shape index (κ1) is 14.6. The minimum absolute atomic E-state index is 0.0816. The highest BCUT2D eigenvalue weighted by atomic mass is 16.1. The van der Waals surface area contributed by atoms with E-state index in [-0.39, 0.29) is 5.91 Å². The number of carbonyl (C=O) groups is 1. The second-order valence-corrected chi connectivity index (χ2v) is 5.98. The minimum Gasteiger partial charge on any atom is -0.370 e. The van der Waals surface area contributed by atoms with Crippen molar-refractivity contribution in [1.29, 1.82) is 0 Å². The Labute approximate surface area is 132 Å². The summed E-state index contributed by atoms with van der Waals surface area (Å²) in [5.74, 6) is 0.0816. The number of anilines is 2. The molecule has 0 spiro atoms. The van der Waals surface area contributed by atoms with Gasteiger partial charge in [-0.1, -0.05) is 30.3 Å². The summed E-state index contributed by atoms with van der Waals surface area (Å²) in [6.45, 7) is 5.84. The zero-order chi connectivity index (χ0) is 15.5. The van der Waals surface area contributed by atoms with Crippen LogP contribution in [0.3, 0.4) is 0 Å². The van der Waals surface area contributed by atoms with Crippen molar-refractivity contribution < 1.29 is 4.79 Å². The number of carbonyl (C=O) groups excluding carboxylic acids is 1. The van der Waals surface area contributed by atoms with Gasteiger partial charge in [-0.3, -0.25) is 4.79 Å². The molecule has 0 saturated heterocycles. The van der Waals surface area contributed by atoms with Crippen LogP contribution in [0.2, 0.25) is 0 Å². The molecule has 0 aromatic heterocycles. The lowest BCUT2D eigenvalue weighted by atomic mass is 10.1. The summed E-state index contributed by atoms with van der Waals surface area (Å²) in [6, 6.07) is 14.6. The van der Waals surface area contributed by atoms with Gasteiger partial charge < -0.3 is 10.2 Å². The topological polar surface area (TPSA) is 32.3 Å². The van der Waals surface area contributed by atoms with Gasteiger partial charge in [0, 0.05) is 30.9 Å². The van der Waals surface area contributed by atoms with E-state index in [1.165, 1.54) is 11.3 Å². The normalized spacial score (nSPS) is 13.1. The molecule has 3 rings (SSSR count). The Bertz CT molecular complexity index is 694. The summed E-state index contributed by atoms with van der Waals surface area (Å²) >= 11 is 0. The molecule has 1 N–H and O–H groups in total. The van der Waals surface area contributed by atoms with Gasteiger partial charge in [-0.25, -0.2) is 0 Å². The molecule has 114 valence electrons. The van der Waals surface area contributed by atoms with Gasteiger partial charge in [0.2, 0.25) is 5.91 Å². The third kappa shape index (κ3) is 3.14.